The molecule has 4 heteroatoms. The van der Waals surface area contributed by atoms with Gasteiger partial charge in [-0.1, -0.05) is 26.7 Å². The molecule has 0 spiro atoms. The van der Waals surface area contributed by atoms with E-state index in [2.05, 4.69) is 10.3 Å². The number of hydrogen-bond acceptors (Lipinski definition) is 3. The molecule has 1 aromatic heterocycles. The fourth-order valence-electron chi connectivity index (χ4n) is 1.99. The Labute approximate surface area is 108 Å². The molecule has 0 saturated carbocycles. The third kappa shape index (κ3) is 4.11. The van der Waals surface area contributed by atoms with Gasteiger partial charge in [0.15, 0.2) is 0 Å². The second-order valence-electron chi connectivity index (χ2n) is 4.54. The number of carbonyl (C=O) groups excluding carboxylic acids is 1. The van der Waals surface area contributed by atoms with Crippen molar-refractivity contribution < 1.29 is 9.90 Å². The van der Waals surface area contributed by atoms with Crippen molar-refractivity contribution in [2.24, 2.45) is 5.92 Å². The number of nitrogens with zero attached hydrogens (tertiary/aromatic N) is 1. The molecule has 0 aliphatic heterocycles. The first-order chi connectivity index (χ1) is 8.58. The number of aromatic nitrogens is 1. The minimum Gasteiger partial charge on any atom is -0.391 e. The lowest BCUT2D eigenvalue weighted by molar-refractivity contribution is 0.0816. The number of pyridine rings is 1. The summed E-state index contributed by atoms with van der Waals surface area (Å²) >= 11 is 0. The highest BCUT2D eigenvalue weighted by Gasteiger charge is 2.16. The van der Waals surface area contributed by atoms with Crippen LogP contribution >= 0.6 is 0 Å². The molecule has 1 atom stereocenters. The van der Waals surface area contributed by atoms with E-state index in [-0.39, 0.29) is 11.8 Å². The molecule has 1 heterocycles. The molecule has 1 aromatic rings. The number of carbonyl (C=O) groups is 1. The van der Waals surface area contributed by atoms with Crippen molar-refractivity contribution in [1.29, 1.82) is 0 Å². The fourth-order valence-corrected chi connectivity index (χ4v) is 1.99. The van der Waals surface area contributed by atoms with Crippen molar-refractivity contribution in [3.05, 3.63) is 29.6 Å². The SMILES string of the molecule is CCC(CC)C(O)CNC(=O)c1ccnc(C)c1. The summed E-state index contributed by atoms with van der Waals surface area (Å²) < 4.78 is 0. The van der Waals surface area contributed by atoms with Crippen LogP contribution in [0.5, 0.6) is 0 Å². The monoisotopic (exact) mass is 250 g/mol. The number of nitrogens with one attached hydrogen (secondary N) is 1. The Bertz CT molecular complexity index is 389. The third-order valence-corrected chi connectivity index (χ3v) is 3.22. The van der Waals surface area contributed by atoms with Crippen LogP contribution in [0.4, 0.5) is 0 Å². The molecule has 18 heavy (non-hydrogen) atoms. The average Bonchev–Trinajstić information content (AvgIpc) is 2.37. The summed E-state index contributed by atoms with van der Waals surface area (Å²) in [7, 11) is 0. The summed E-state index contributed by atoms with van der Waals surface area (Å²) in [6.07, 6.45) is 2.97. The largest absolute Gasteiger partial charge is 0.391 e. The van der Waals surface area contributed by atoms with Gasteiger partial charge in [-0.15, -0.1) is 0 Å². The van der Waals surface area contributed by atoms with E-state index >= 15 is 0 Å². The first kappa shape index (κ1) is 14.6. The second-order valence-corrected chi connectivity index (χ2v) is 4.54. The number of rotatable bonds is 6. The van der Waals surface area contributed by atoms with Crippen molar-refractivity contribution >= 4 is 5.91 Å². The van der Waals surface area contributed by atoms with E-state index in [1.165, 1.54) is 0 Å². The zero-order valence-corrected chi connectivity index (χ0v) is 11.3. The Balaban J connectivity index is 2.51. The lowest BCUT2D eigenvalue weighted by Gasteiger charge is -2.20. The first-order valence-corrected chi connectivity index (χ1v) is 6.47. The Kier molecular flexibility index (Phi) is 5.78. The predicted molar refractivity (Wildman–Crippen MR) is 71.4 cm³/mol. The van der Waals surface area contributed by atoms with Crippen molar-refractivity contribution in [2.45, 2.75) is 39.7 Å². The molecule has 1 unspecified atom stereocenters. The zero-order valence-electron chi connectivity index (χ0n) is 11.3. The third-order valence-electron chi connectivity index (χ3n) is 3.22. The normalized spacial score (nSPS) is 12.5. The van der Waals surface area contributed by atoms with Gasteiger partial charge in [0, 0.05) is 24.0 Å². The molecule has 1 amide bonds. The minimum atomic E-state index is -0.480. The van der Waals surface area contributed by atoms with Crippen LogP contribution in [0.2, 0.25) is 0 Å². The second kappa shape index (κ2) is 7.11. The van der Waals surface area contributed by atoms with E-state index in [4.69, 9.17) is 0 Å². The molecular formula is C14H22N2O2. The maximum atomic E-state index is 11.9. The number of hydrogen-bond donors (Lipinski definition) is 2. The summed E-state index contributed by atoms with van der Waals surface area (Å²) in [6, 6.07) is 3.41. The predicted octanol–water partition coefficient (Wildman–Crippen LogP) is 1.92. The lowest BCUT2D eigenvalue weighted by Crippen LogP contribution is -2.36. The van der Waals surface area contributed by atoms with Gasteiger partial charge >= 0.3 is 0 Å². The van der Waals surface area contributed by atoms with Crippen LogP contribution in [-0.4, -0.2) is 28.6 Å². The van der Waals surface area contributed by atoms with Gasteiger partial charge < -0.3 is 10.4 Å². The smallest absolute Gasteiger partial charge is 0.251 e. The summed E-state index contributed by atoms with van der Waals surface area (Å²) in [4.78, 5) is 15.9. The van der Waals surface area contributed by atoms with Crippen LogP contribution in [0.25, 0.3) is 0 Å². The quantitative estimate of drug-likeness (QED) is 0.810. The Morgan fingerprint density at radius 2 is 2.11 bits per heavy atom. The van der Waals surface area contributed by atoms with Gasteiger partial charge in [-0.2, -0.15) is 0 Å². The number of aryl methyl sites for hydroxylation is 1. The molecule has 0 aliphatic carbocycles. The maximum absolute atomic E-state index is 11.9. The van der Waals surface area contributed by atoms with Crippen molar-refractivity contribution in [3.8, 4) is 0 Å². The molecule has 0 saturated heterocycles. The highest BCUT2D eigenvalue weighted by atomic mass is 16.3. The van der Waals surface area contributed by atoms with E-state index in [9.17, 15) is 9.90 Å². The average molecular weight is 250 g/mol. The molecular weight excluding hydrogens is 228 g/mol. The molecule has 0 aromatic carbocycles. The Morgan fingerprint density at radius 3 is 2.67 bits per heavy atom. The van der Waals surface area contributed by atoms with Gasteiger partial charge in [0.25, 0.3) is 5.91 Å². The first-order valence-electron chi connectivity index (χ1n) is 6.47. The van der Waals surface area contributed by atoms with Crippen molar-refractivity contribution in [2.75, 3.05) is 6.54 Å². The van der Waals surface area contributed by atoms with E-state index in [0.717, 1.165) is 18.5 Å². The van der Waals surface area contributed by atoms with E-state index in [1.807, 2.05) is 20.8 Å². The van der Waals surface area contributed by atoms with E-state index < -0.39 is 6.10 Å². The summed E-state index contributed by atoms with van der Waals surface area (Å²) in [5.74, 6) is 0.0787. The van der Waals surface area contributed by atoms with Crippen molar-refractivity contribution in [1.82, 2.24) is 10.3 Å². The van der Waals surface area contributed by atoms with Gasteiger partial charge in [-0.05, 0) is 25.0 Å². The van der Waals surface area contributed by atoms with Crippen LogP contribution in [0, 0.1) is 12.8 Å². The zero-order chi connectivity index (χ0) is 13.5. The van der Waals surface area contributed by atoms with Crippen LogP contribution < -0.4 is 5.32 Å². The maximum Gasteiger partial charge on any atom is 0.251 e. The minimum absolute atomic E-state index is 0.162. The standard InChI is InChI=1S/C14H22N2O2/c1-4-11(5-2)13(17)9-16-14(18)12-6-7-15-10(3)8-12/h6-8,11,13,17H,4-5,9H2,1-3H3,(H,16,18). The molecule has 0 fully saturated rings. The molecule has 1 rings (SSSR count). The summed E-state index contributed by atoms with van der Waals surface area (Å²) in [5.41, 5.74) is 1.39. The number of aliphatic hydroxyl groups is 1. The lowest BCUT2D eigenvalue weighted by atomic mass is 9.96. The highest BCUT2D eigenvalue weighted by molar-refractivity contribution is 5.94. The summed E-state index contributed by atoms with van der Waals surface area (Å²) in [5, 5.41) is 12.7. The highest BCUT2D eigenvalue weighted by Crippen LogP contribution is 2.12. The molecule has 100 valence electrons. The van der Waals surface area contributed by atoms with Gasteiger partial charge in [-0.25, -0.2) is 0 Å². The fraction of sp³-hybridized carbons (Fsp3) is 0.571. The van der Waals surface area contributed by atoms with Gasteiger partial charge in [0.2, 0.25) is 0 Å². The van der Waals surface area contributed by atoms with Gasteiger partial charge in [0.1, 0.15) is 0 Å². The van der Waals surface area contributed by atoms with Crippen LogP contribution in [0.1, 0.15) is 42.7 Å². The molecule has 2 N–H and O–H groups in total. The topological polar surface area (TPSA) is 62.2 Å². The summed E-state index contributed by atoms with van der Waals surface area (Å²) in [6.45, 7) is 6.24. The Hall–Kier alpha value is -1.42. The van der Waals surface area contributed by atoms with Crippen molar-refractivity contribution in [3.63, 3.8) is 0 Å². The number of amides is 1. The Morgan fingerprint density at radius 1 is 1.44 bits per heavy atom. The van der Waals surface area contributed by atoms with E-state index in [0.29, 0.717) is 12.1 Å². The van der Waals surface area contributed by atoms with E-state index in [1.54, 1.807) is 18.3 Å². The van der Waals surface area contributed by atoms with Gasteiger partial charge in [0.05, 0.1) is 6.10 Å². The molecule has 0 radical (unpaired) electrons. The van der Waals surface area contributed by atoms with Crippen LogP contribution in [0.15, 0.2) is 18.3 Å². The molecule has 0 bridgehead atoms. The molecule has 0 aliphatic rings. The number of aliphatic hydroxyl groups excluding tert-OH is 1. The van der Waals surface area contributed by atoms with Gasteiger partial charge in [-0.3, -0.25) is 9.78 Å². The van der Waals surface area contributed by atoms with Crippen LogP contribution in [-0.2, 0) is 0 Å². The molecule has 4 nitrogen and oxygen atoms in total. The van der Waals surface area contributed by atoms with Crippen LogP contribution in [0.3, 0.4) is 0 Å².